The molecule has 0 aromatic heterocycles. The van der Waals surface area contributed by atoms with Crippen LogP contribution in [0.3, 0.4) is 0 Å². The molecule has 0 heterocycles. The van der Waals surface area contributed by atoms with Crippen LogP contribution in [0.15, 0.2) is 0 Å². The SMILES string of the molecule is ClC(Cl)(Cl)CCCC[CH2][Sn]([Cl])([Cl])[Cl]. The van der Waals surface area contributed by atoms with Gasteiger partial charge in [-0.15, -0.1) is 0 Å². The molecule has 0 saturated heterocycles. The van der Waals surface area contributed by atoms with Gasteiger partial charge in [-0.2, -0.15) is 0 Å². The van der Waals surface area contributed by atoms with Crippen molar-refractivity contribution in [1.82, 2.24) is 0 Å². The number of alkyl halides is 3. The summed E-state index contributed by atoms with van der Waals surface area (Å²) in [5.74, 6) is 0. The first kappa shape index (κ1) is 15.5. The van der Waals surface area contributed by atoms with Crippen LogP contribution in [0.1, 0.15) is 25.7 Å². The van der Waals surface area contributed by atoms with Gasteiger partial charge in [-0.1, -0.05) is 0 Å². The van der Waals surface area contributed by atoms with Crippen LogP contribution >= 0.6 is 61.6 Å². The van der Waals surface area contributed by atoms with Crippen molar-refractivity contribution in [2.24, 2.45) is 0 Å². The first-order valence-corrected chi connectivity index (χ1v) is 17.8. The molecule has 0 spiro atoms. The van der Waals surface area contributed by atoms with E-state index in [1.54, 1.807) is 0 Å². The molecule has 0 aliphatic heterocycles. The third-order valence-electron chi connectivity index (χ3n) is 1.42. The number of rotatable bonds is 5. The zero-order valence-electron chi connectivity index (χ0n) is 6.80. The number of unbranched alkanes of at least 4 members (excludes halogenated alkanes) is 2. The van der Waals surface area contributed by atoms with E-state index in [1.165, 1.54) is 0 Å². The van der Waals surface area contributed by atoms with E-state index < -0.39 is 18.8 Å². The van der Waals surface area contributed by atoms with E-state index in [1.807, 2.05) is 0 Å². The van der Waals surface area contributed by atoms with Crippen LogP contribution in [-0.2, 0) is 0 Å². The Morgan fingerprint density at radius 3 is 1.77 bits per heavy atom. The maximum absolute atomic E-state index is 5.76. The van der Waals surface area contributed by atoms with Crippen molar-refractivity contribution in [2.75, 3.05) is 0 Å². The van der Waals surface area contributed by atoms with E-state index in [4.69, 9.17) is 61.6 Å². The van der Waals surface area contributed by atoms with Gasteiger partial charge in [0.25, 0.3) is 0 Å². The molecule has 0 unspecified atom stereocenters. The first-order chi connectivity index (χ1) is 5.71. The van der Waals surface area contributed by atoms with Crippen LogP contribution < -0.4 is 0 Å². The summed E-state index contributed by atoms with van der Waals surface area (Å²) in [6, 6.07) is 0. The van der Waals surface area contributed by atoms with E-state index in [-0.39, 0.29) is 0 Å². The Morgan fingerprint density at radius 2 is 1.38 bits per heavy atom. The van der Waals surface area contributed by atoms with Gasteiger partial charge in [-0.05, 0) is 0 Å². The van der Waals surface area contributed by atoms with Crippen molar-refractivity contribution in [1.29, 1.82) is 0 Å². The standard InChI is InChI=1S/C6H10Cl3.3ClH.Sn/c1-2-3-4-5-6(7,8)9;;;;/h1-5H2;3*1H;/q;;;;+3/p-3. The number of hydrogen-bond donors (Lipinski definition) is 0. The third kappa shape index (κ3) is 14.5. The second-order valence-corrected chi connectivity index (χ2v) is 27.1. The molecule has 0 rings (SSSR count). The van der Waals surface area contributed by atoms with Crippen LogP contribution in [0.5, 0.6) is 0 Å². The van der Waals surface area contributed by atoms with Gasteiger partial charge in [0.05, 0.1) is 0 Å². The van der Waals surface area contributed by atoms with E-state index >= 15 is 0 Å². The molecule has 0 aliphatic rings. The van der Waals surface area contributed by atoms with Crippen LogP contribution in [0.25, 0.3) is 0 Å². The molecular formula is C6H10Cl6Sn. The molecule has 0 aliphatic carbocycles. The maximum atomic E-state index is 5.76. The van der Waals surface area contributed by atoms with Crippen LogP contribution in [-0.4, -0.2) is 18.8 Å². The molecule has 0 fully saturated rings. The fraction of sp³-hybridized carbons (Fsp3) is 1.00. The Balaban J connectivity index is 3.28. The van der Waals surface area contributed by atoms with Gasteiger partial charge in [0.2, 0.25) is 0 Å². The first-order valence-electron chi connectivity index (χ1n) is 3.84. The summed E-state index contributed by atoms with van der Waals surface area (Å²) < 4.78 is -0.386. The van der Waals surface area contributed by atoms with E-state index in [0.717, 1.165) is 23.7 Å². The van der Waals surface area contributed by atoms with Gasteiger partial charge < -0.3 is 0 Å². The minimum absolute atomic E-state index is 0.563. The zero-order chi connectivity index (χ0) is 10.5. The van der Waals surface area contributed by atoms with Crippen molar-refractivity contribution < 1.29 is 0 Å². The average molecular weight is 414 g/mol. The second kappa shape index (κ2) is 6.98. The van der Waals surface area contributed by atoms with Gasteiger partial charge in [-0.3, -0.25) is 0 Å². The van der Waals surface area contributed by atoms with Crippen LogP contribution in [0.2, 0.25) is 4.44 Å². The summed E-state index contributed by atoms with van der Waals surface area (Å²) in [5.41, 5.74) is 0. The van der Waals surface area contributed by atoms with Crippen molar-refractivity contribution >= 4 is 76.6 Å². The van der Waals surface area contributed by atoms with Gasteiger partial charge in [0.1, 0.15) is 0 Å². The molecule has 0 radical (unpaired) electrons. The van der Waals surface area contributed by atoms with Gasteiger partial charge in [0, 0.05) is 0 Å². The second-order valence-electron chi connectivity index (χ2n) is 2.79. The Kier molecular flexibility index (Phi) is 8.34. The van der Waals surface area contributed by atoms with Gasteiger partial charge in [0.15, 0.2) is 0 Å². The Bertz CT molecular complexity index is 121. The summed E-state index contributed by atoms with van der Waals surface area (Å²) >= 11 is 13.6. The normalized spacial score (nSPS) is 13.4. The minimum atomic E-state index is -3.09. The van der Waals surface area contributed by atoms with E-state index in [2.05, 4.69) is 0 Å². The van der Waals surface area contributed by atoms with Crippen molar-refractivity contribution in [3.8, 4) is 0 Å². The molecule has 0 aromatic rings. The number of halogens is 6. The molecular weight excluding hydrogens is 403 g/mol. The topological polar surface area (TPSA) is 0 Å². The third-order valence-corrected chi connectivity index (χ3v) is 8.42. The average Bonchev–Trinajstić information content (AvgIpc) is 1.81. The van der Waals surface area contributed by atoms with Crippen LogP contribution in [0, 0.1) is 0 Å². The van der Waals surface area contributed by atoms with Crippen molar-refractivity contribution in [3.05, 3.63) is 0 Å². The predicted molar refractivity (Wildman–Crippen MR) is 66.9 cm³/mol. The molecule has 0 N–H and O–H groups in total. The molecule has 7 heteroatoms. The monoisotopic (exact) mass is 412 g/mol. The summed E-state index contributed by atoms with van der Waals surface area (Å²) in [4.78, 5) is 0. The number of hydrogen-bond acceptors (Lipinski definition) is 0. The van der Waals surface area contributed by atoms with E-state index in [0.29, 0.717) is 6.42 Å². The Hall–Kier alpha value is 2.54. The summed E-state index contributed by atoms with van der Waals surface area (Å²) in [7, 11) is 17.3. The molecule has 0 atom stereocenters. The van der Waals surface area contributed by atoms with Crippen molar-refractivity contribution in [2.45, 2.75) is 33.9 Å². The molecule has 0 aromatic carbocycles. The summed E-state index contributed by atoms with van der Waals surface area (Å²) in [6.07, 6.45) is 3.31. The molecule has 0 bridgehead atoms. The molecule has 0 amide bonds. The molecule has 0 nitrogen and oxygen atoms in total. The Labute approximate surface area is 109 Å². The fourth-order valence-corrected chi connectivity index (χ4v) is 5.78. The molecule has 0 saturated carbocycles. The summed E-state index contributed by atoms with van der Waals surface area (Å²) in [5, 5.41) is 0. The van der Waals surface area contributed by atoms with Gasteiger partial charge in [-0.25, -0.2) is 0 Å². The van der Waals surface area contributed by atoms with Crippen molar-refractivity contribution in [3.63, 3.8) is 0 Å². The van der Waals surface area contributed by atoms with Crippen LogP contribution in [0.4, 0.5) is 0 Å². The van der Waals surface area contributed by atoms with E-state index in [9.17, 15) is 0 Å². The van der Waals surface area contributed by atoms with Gasteiger partial charge >= 0.3 is 110 Å². The zero-order valence-corrected chi connectivity index (χ0v) is 14.2. The Morgan fingerprint density at radius 1 is 0.846 bits per heavy atom. The quantitative estimate of drug-likeness (QED) is 0.314. The summed E-state index contributed by atoms with van der Waals surface area (Å²) in [6.45, 7) is 0. The molecule has 13 heavy (non-hydrogen) atoms. The predicted octanol–water partition coefficient (Wildman–Crippen LogP) is 5.57. The fourth-order valence-electron chi connectivity index (χ4n) is 0.828. The molecule has 80 valence electrons.